The average molecular weight is 457 g/mol. The summed E-state index contributed by atoms with van der Waals surface area (Å²) in [4.78, 5) is 23.6. The predicted octanol–water partition coefficient (Wildman–Crippen LogP) is -0.646. The van der Waals surface area contributed by atoms with Gasteiger partial charge in [-0.05, 0) is 12.8 Å². The minimum absolute atomic E-state index is 0.0138. The van der Waals surface area contributed by atoms with Gasteiger partial charge in [-0.25, -0.2) is 4.79 Å². The molecule has 23 heavy (non-hydrogen) atoms. The lowest BCUT2D eigenvalue weighted by Gasteiger charge is -2.24. The molecule has 4 fully saturated rings. The number of carbonyl (C=O) groups is 2. The van der Waals surface area contributed by atoms with Gasteiger partial charge in [-0.1, -0.05) is 22.6 Å². The molecule has 1 N–H and O–H groups in total. The highest BCUT2D eigenvalue weighted by Crippen LogP contribution is 2.55. The minimum atomic E-state index is -3.52. The fraction of sp³-hybridized carbons (Fsp3) is 0.846. The molecule has 8 nitrogen and oxygen atoms in total. The van der Waals surface area contributed by atoms with E-state index in [0.717, 1.165) is 6.54 Å². The Morgan fingerprint density at radius 3 is 2.78 bits per heavy atom. The molecule has 0 aromatic carbocycles. The summed E-state index contributed by atoms with van der Waals surface area (Å²) in [6.07, 6.45) is 0.0523. The van der Waals surface area contributed by atoms with Gasteiger partial charge < -0.3 is 14.8 Å². The van der Waals surface area contributed by atoms with Crippen molar-refractivity contribution in [1.82, 2.24) is 5.32 Å². The van der Waals surface area contributed by atoms with Crippen LogP contribution < -0.4 is 5.32 Å². The van der Waals surface area contributed by atoms with Crippen LogP contribution in [0.15, 0.2) is 0 Å². The maximum absolute atomic E-state index is 11.9. The lowest BCUT2D eigenvalue weighted by atomic mass is 9.94. The predicted molar refractivity (Wildman–Crippen MR) is 84.2 cm³/mol. The van der Waals surface area contributed by atoms with Crippen LogP contribution in [-0.4, -0.2) is 60.9 Å². The Balaban J connectivity index is 1.31. The van der Waals surface area contributed by atoms with Crippen LogP contribution in [0.5, 0.6) is 0 Å². The van der Waals surface area contributed by atoms with Crippen LogP contribution in [-0.2, 0) is 33.4 Å². The van der Waals surface area contributed by atoms with Crippen molar-refractivity contribution in [3.05, 3.63) is 0 Å². The van der Waals surface area contributed by atoms with Crippen LogP contribution in [0.1, 0.15) is 12.8 Å². The Labute approximate surface area is 146 Å². The molecule has 2 saturated heterocycles. The van der Waals surface area contributed by atoms with Crippen LogP contribution in [0, 0.1) is 11.8 Å². The molecule has 0 radical (unpaired) electrons. The van der Waals surface area contributed by atoms with E-state index in [1.165, 1.54) is 0 Å². The van der Waals surface area contributed by atoms with Gasteiger partial charge in [-0.15, -0.1) is 0 Å². The number of halogens is 1. The molecule has 0 amide bonds. The van der Waals surface area contributed by atoms with Gasteiger partial charge in [-0.3, -0.25) is 8.98 Å². The number of hydrogen-bond acceptors (Lipinski definition) is 8. The highest BCUT2D eigenvalue weighted by atomic mass is 127. The molecule has 0 spiro atoms. The number of carbonyl (C=O) groups excluding carboxylic acids is 2. The zero-order valence-corrected chi connectivity index (χ0v) is 15.0. The van der Waals surface area contributed by atoms with Gasteiger partial charge in [0.2, 0.25) is 0 Å². The monoisotopic (exact) mass is 457 g/mol. The Kier molecular flexibility index (Phi) is 3.85. The van der Waals surface area contributed by atoms with E-state index in [4.69, 9.17) is 13.7 Å². The fourth-order valence-electron chi connectivity index (χ4n) is 3.88. The normalized spacial score (nSPS) is 43.2. The summed E-state index contributed by atoms with van der Waals surface area (Å²) in [6.45, 7) is 0.314. The molecule has 6 unspecified atom stereocenters. The van der Waals surface area contributed by atoms with Gasteiger partial charge in [-0.2, -0.15) is 8.42 Å². The van der Waals surface area contributed by atoms with Gasteiger partial charge in [0.15, 0.2) is 6.61 Å². The van der Waals surface area contributed by atoms with E-state index in [0.29, 0.717) is 12.8 Å². The van der Waals surface area contributed by atoms with Crippen LogP contribution in [0.4, 0.5) is 0 Å². The van der Waals surface area contributed by atoms with Gasteiger partial charge >= 0.3 is 11.9 Å². The van der Waals surface area contributed by atoms with Crippen molar-refractivity contribution in [3.63, 3.8) is 0 Å². The Bertz CT molecular complexity index is 649. The molecule has 7 atom stereocenters. The third-order valence-corrected chi connectivity index (χ3v) is 8.18. The van der Waals surface area contributed by atoms with Gasteiger partial charge in [0.1, 0.15) is 16.1 Å². The highest BCUT2D eigenvalue weighted by molar-refractivity contribution is 14.1. The smallest absolute Gasteiger partial charge is 0.344 e. The molecule has 2 heterocycles. The first kappa shape index (κ1) is 16.0. The summed E-state index contributed by atoms with van der Waals surface area (Å²) in [7, 11) is -3.52. The van der Waals surface area contributed by atoms with Crippen molar-refractivity contribution in [2.24, 2.45) is 11.8 Å². The largest absolute Gasteiger partial charge is 0.457 e. The zero-order valence-electron chi connectivity index (χ0n) is 12.0. The second-order valence-electron chi connectivity index (χ2n) is 6.47. The van der Waals surface area contributed by atoms with Crippen molar-refractivity contribution >= 4 is 44.6 Å². The summed E-state index contributed by atoms with van der Waals surface area (Å²) in [6, 6.07) is 0.110. The molecular weight excluding hydrogens is 441 g/mol. The molecule has 2 aliphatic heterocycles. The summed E-state index contributed by atoms with van der Waals surface area (Å²) >= 11 is 1.97. The summed E-state index contributed by atoms with van der Waals surface area (Å²) in [5, 5.41) is 2.56. The first-order valence-electron chi connectivity index (χ1n) is 7.52. The van der Waals surface area contributed by atoms with E-state index >= 15 is 0 Å². The van der Waals surface area contributed by atoms with Crippen molar-refractivity contribution in [3.8, 4) is 0 Å². The maximum atomic E-state index is 11.9. The lowest BCUT2D eigenvalue weighted by molar-refractivity contribution is -0.166. The fourth-order valence-corrected chi connectivity index (χ4v) is 6.45. The second-order valence-corrected chi connectivity index (χ2v) is 9.59. The van der Waals surface area contributed by atoms with Crippen LogP contribution in [0.3, 0.4) is 0 Å². The van der Waals surface area contributed by atoms with Crippen molar-refractivity contribution in [2.45, 2.75) is 40.3 Å². The summed E-state index contributed by atoms with van der Waals surface area (Å²) < 4.78 is 38.8. The molecule has 0 aromatic rings. The van der Waals surface area contributed by atoms with Gasteiger partial charge in [0, 0.05) is 24.4 Å². The van der Waals surface area contributed by atoms with E-state index in [2.05, 4.69) is 5.32 Å². The number of rotatable bonds is 5. The van der Waals surface area contributed by atoms with Crippen LogP contribution >= 0.6 is 22.6 Å². The first-order valence-corrected chi connectivity index (χ1v) is 10.2. The quantitative estimate of drug-likeness (QED) is 0.190. The van der Waals surface area contributed by atoms with Gasteiger partial charge in [0.25, 0.3) is 10.1 Å². The minimum Gasteiger partial charge on any atom is -0.457 e. The number of alkyl halides is 1. The molecule has 128 valence electrons. The summed E-state index contributed by atoms with van der Waals surface area (Å²) in [5.74, 6) is -1.18. The molecule has 2 bridgehead atoms. The number of hydrogen-bond donors (Lipinski definition) is 1. The van der Waals surface area contributed by atoms with E-state index < -0.39 is 46.1 Å². The summed E-state index contributed by atoms with van der Waals surface area (Å²) in [5.41, 5.74) is 0. The Morgan fingerprint density at radius 1 is 1.35 bits per heavy atom. The topological polar surface area (TPSA) is 118 Å². The second kappa shape index (κ2) is 5.53. The highest BCUT2D eigenvalue weighted by Gasteiger charge is 2.65. The zero-order chi connectivity index (χ0) is 16.4. The molecular formula is C13H16INO7S. The number of esters is 2. The van der Waals surface area contributed by atoms with Crippen LogP contribution in [0.2, 0.25) is 0 Å². The maximum Gasteiger partial charge on any atom is 0.344 e. The molecule has 10 heteroatoms. The molecule has 0 aromatic heterocycles. The first-order chi connectivity index (χ1) is 10.9. The van der Waals surface area contributed by atoms with E-state index in [1.807, 2.05) is 22.6 Å². The van der Waals surface area contributed by atoms with E-state index in [1.54, 1.807) is 0 Å². The average Bonchev–Trinajstić information content (AvgIpc) is 3.13. The number of fused-ring (bicyclic) bond motifs is 1. The lowest BCUT2D eigenvalue weighted by Crippen LogP contribution is -2.38. The Hall–Kier alpha value is -0.460. The number of ether oxygens (including phenoxy) is 2. The Morgan fingerprint density at radius 2 is 2.09 bits per heavy atom. The van der Waals surface area contributed by atoms with Crippen molar-refractivity contribution < 1.29 is 31.7 Å². The van der Waals surface area contributed by atoms with Crippen molar-refractivity contribution in [1.29, 1.82) is 0 Å². The SMILES string of the molecule is O=C(COC(=O)C(I)C1CN1)OC1C2CC3C1OS(=O)(=O)[C@@H]3C2. The molecule has 4 aliphatic rings. The van der Waals surface area contributed by atoms with Gasteiger partial charge in [0.05, 0.1) is 5.25 Å². The third kappa shape index (κ3) is 2.76. The molecule has 2 saturated carbocycles. The molecule has 4 rings (SSSR count). The van der Waals surface area contributed by atoms with E-state index in [9.17, 15) is 18.0 Å². The van der Waals surface area contributed by atoms with Crippen LogP contribution in [0.25, 0.3) is 0 Å². The third-order valence-electron chi connectivity index (χ3n) is 5.03. The van der Waals surface area contributed by atoms with Crippen molar-refractivity contribution in [2.75, 3.05) is 13.2 Å². The number of nitrogens with one attached hydrogen (secondary N) is 1. The van der Waals surface area contributed by atoms with E-state index in [-0.39, 0.29) is 21.8 Å². The molecule has 2 aliphatic carbocycles. The standard InChI is InChI=1S/C13H16INO7S/c14-10(7-3-15-7)13(17)20-4-9(16)21-11-5-1-6-8(2-5)23(18,19)22-12(6)11/h5-8,10-12,15H,1-4H2/t5?,6?,7?,8-,10?,11?,12?/m1/s1.